The van der Waals surface area contributed by atoms with Crippen LogP contribution in [0.4, 0.5) is 0 Å². The SMILES string of the molecule is CC1(C)OB(c2ccc3c(c2)oc2ccccc23)OC1(C)C.Clc1ccc2c(c1)sc1c(-c3cccc(-c4ccccc4)c3)nc(-c3ccccc3)nc12.Clc1ccc2c(c1)sc1c(-c3cccc(-c4ccccc4)c3)nc(Cl)nc12.OB(O)c1ccccc1.c1ccc(-c2cccc(-c3nc(-c4ccccc4)nc4c3sc3cc(-c5ccc6c(c5)oc5ccccc56)ccc34)c2)cc1. The molecule has 134 heavy (non-hydrogen) atoms. The monoisotopic (exact) mass is 1850 g/mol. The summed E-state index contributed by atoms with van der Waals surface area (Å²) < 4.78 is 30.9. The molecule has 0 radical (unpaired) electrons. The molecule has 0 saturated carbocycles. The molecule has 9 heterocycles. The molecule has 1 aliphatic rings. The van der Waals surface area contributed by atoms with E-state index in [-0.39, 0.29) is 23.6 Å². The fourth-order valence-electron chi connectivity index (χ4n) is 16.9. The molecule has 0 atom stereocenters. The minimum atomic E-state index is -1.34. The van der Waals surface area contributed by atoms with Gasteiger partial charge in [-0.1, -0.05) is 327 Å². The smallest absolute Gasteiger partial charge is 0.456 e. The number of fused-ring (bicyclic) bond motifs is 15. The van der Waals surface area contributed by atoms with Gasteiger partial charge in [-0.25, -0.2) is 29.9 Å². The summed E-state index contributed by atoms with van der Waals surface area (Å²) in [7, 11) is -1.70. The van der Waals surface area contributed by atoms with Gasteiger partial charge in [-0.15, -0.1) is 34.0 Å². The van der Waals surface area contributed by atoms with E-state index >= 15 is 0 Å². The third kappa shape index (κ3) is 17.7. The van der Waals surface area contributed by atoms with Crippen LogP contribution < -0.4 is 10.9 Å². The Bertz CT molecular complexity index is 8490. The van der Waals surface area contributed by atoms with Crippen LogP contribution in [0, 0.1) is 0 Å². The normalized spacial score (nSPS) is 12.7. The number of furan rings is 2. The lowest BCUT2D eigenvalue weighted by Crippen LogP contribution is -2.41. The number of hydrogen-bond donors (Lipinski definition) is 2. The molecule has 0 spiro atoms. The van der Waals surface area contributed by atoms with E-state index in [4.69, 9.17) is 82.9 Å². The van der Waals surface area contributed by atoms with Crippen molar-refractivity contribution in [1.29, 1.82) is 0 Å². The number of halogens is 3. The van der Waals surface area contributed by atoms with Crippen LogP contribution in [0.5, 0.6) is 0 Å². The fourth-order valence-corrected chi connectivity index (χ4v) is 21.1. The van der Waals surface area contributed by atoms with Gasteiger partial charge in [-0.2, -0.15) is 0 Å². The Morgan fingerprint density at radius 2 is 0.590 bits per heavy atom. The van der Waals surface area contributed by atoms with Crippen LogP contribution in [-0.4, -0.2) is 65.4 Å². The first-order valence-electron chi connectivity index (χ1n) is 43.8. The first-order valence-corrected chi connectivity index (χ1v) is 47.4. The van der Waals surface area contributed by atoms with E-state index in [1.54, 1.807) is 58.3 Å². The van der Waals surface area contributed by atoms with Crippen molar-refractivity contribution in [2.24, 2.45) is 0 Å². The van der Waals surface area contributed by atoms with E-state index in [0.29, 0.717) is 10.5 Å². The van der Waals surface area contributed by atoms with Gasteiger partial charge in [0.2, 0.25) is 5.28 Å². The molecule has 0 aliphatic carbocycles. The molecule has 646 valence electrons. The van der Waals surface area contributed by atoms with Gasteiger partial charge in [0.1, 0.15) is 22.3 Å². The summed E-state index contributed by atoms with van der Waals surface area (Å²) in [5.74, 6) is 1.46. The number of aromatic nitrogens is 6. The second kappa shape index (κ2) is 37.1. The van der Waals surface area contributed by atoms with Crippen molar-refractivity contribution in [3.63, 3.8) is 0 Å². The highest BCUT2D eigenvalue weighted by atomic mass is 35.5. The lowest BCUT2D eigenvalue weighted by atomic mass is 9.79. The van der Waals surface area contributed by atoms with E-state index in [2.05, 4.69) is 262 Å². The third-order valence-electron chi connectivity index (χ3n) is 24.4. The highest BCUT2D eigenvalue weighted by molar-refractivity contribution is 7.27. The van der Waals surface area contributed by atoms with Crippen molar-refractivity contribution in [2.75, 3.05) is 0 Å². The molecule has 12 nitrogen and oxygen atoms in total. The molecule has 1 saturated heterocycles. The lowest BCUT2D eigenvalue weighted by Gasteiger charge is -2.32. The van der Waals surface area contributed by atoms with Crippen LogP contribution in [0.25, 0.3) is 206 Å². The number of benzene rings is 16. The van der Waals surface area contributed by atoms with Crippen molar-refractivity contribution in [3.05, 3.63) is 410 Å². The summed E-state index contributed by atoms with van der Waals surface area (Å²) in [6, 6.07) is 133. The first-order chi connectivity index (χ1) is 65.4. The van der Waals surface area contributed by atoms with Crippen LogP contribution in [0.3, 0.4) is 0 Å². The molecule has 24 aromatic rings. The molecule has 8 aromatic heterocycles. The van der Waals surface area contributed by atoms with Crippen molar-refractivity contribution < 1.29 is 28.2 Å². The van der Waals surface area contributed by atoms with E-state index < -0.39 is 7.12 Å². The van der Waals surface area contributed by atoms with Crippen molar-refractivity contribution >= 4 is 199 Å². The molecular formula is C114H79B2Cl3N6O6S3. The van der Waals surface area contributed by atoms with Crippen LogP contribution in [0.2, 0.25) is 15.3 Å². The molecule has 16 aromatic carbocycles. The molecule has 0 unspecified atom stereocenters. The van der Waals surface area contributed by atoms with Gasteiger partial charge < -0.3 is 28.2 Å². The van der Waals surface area contributed by atoms with Crippen LogP contribution >= 0.6 is 68.8 Å². The molecule has 25 rings (SSSR count). The standard InChI is InChI=1S/C40H24N2OS.C28H17ClN2S.C22H12Cl2N2S.C18H19BO3.C6H7BO2/c1-3-10-25(11-4-1)27-14-9-15-30(22-27)37-39-38(42-40(41-37)26-12-5-2-6-13-26)33-21-19-29(24-36(33)44-39)28-18-20-32-31-16-7-8-17-34(31)43-35(32)23-28;29-22-14-15-23-24(17-22)32-27-25(30-28(31-26(23)27)19-10-5-2-6-11-19)21-13-7-12-20(16-21)18-8-3-1-4-9-18;23-16-9-10-17-18(12-16)27-21-19(25-22(24)26-20(17)21)15-8-4-7-14(11-15)13-5-2-1-3-6-13;1-17(2)18(3,4)22-19(21-17)12-9-10-14-13-7-5-6-8-15(13)20-16(14)11-12;8-7(9)6-4-2-1-3-5-6/h1-24H;1-17H;1-12H;5-11H,1-4H3;1-5,8-9H. The minimum Gasteiger partial charge on any atom is -0.456 e. The summed E-state index contributed by atoms with van der Waals surface area (Å²) >= 11 is 23.8. The third-order valence-corrected chi connectivity index (χ3v) is 28.5. The number of nitrogens with zero attached hydrogens (tertiary/aromatic N) is 6. The Morgan fingerprint density at radius 3 is 1.01 bits per heavy atom. The average Bonchev–Trinajstić information content (AvgIpc) is 1.60. The summed E-state index contributed by atoms with van der Waals surface area (Å²) in [5.41, 5.74) is 24.5. The van der Waals surface area contributed by atoms with E-state index in [9.17, 15) is 0 Å². The maximum absolute atomic E-state index is 8.58. The Balaban J connectivity index is 0.000000107. The first kappa shape index (κ1) is 86.6. The average molecular weight is 1850 g/mol. The quantitative estimate of drug-likeness (QED) is 0.0932. The maximum atomic E-state index is 8.58. The van der Waals surface area contributed by atoms with E-state index in [1.807, 2.05) is 146 Å². The Labute approximate surface area is 800 Å². The Hall–Kier alpha value is -14.1. The van der Waals surface area contributed by atoms with Gasteiger partial charge in [0.05, 0.1) is 58.9 Å². The zero-order valence-electron chi connectivity index (χ0n) is 72.8. The largest absolute Gasteiger partial charge is 0.494 e. The van der Waals surface area contributed by atoms with Gasteiger partial charge in [0.25, 0.3) is 0 Å². The Morgan fingerprint density at radius 1 is 0.269 bits per heavy atom. The zero-order valence-corrected chi connectivity index (χ0v) is 77.5. The van der Waals surface area contributed by atoms with Gasteiger partial charge in [-0.05, 0) is 186 Å². The zero-order chi connectivity index (χ0) is 91.1. The van der Waals surface area contributed by atoms with Crippen molar-refractivity contribution in [1.82, 2.24) is 29.9 Å². The van der Waals surface area contributed by atoms with Gasteiger partial charge >= 0.3 is 14.2 Å². The molecule has 0 bridgehead atoms. The highest BCUT2D eigenvalue weighted by Gasteiger charge is 2.52. The molecule has 2 N–H and O–H groups in total. The van der Waals surface area contributed by atoms with Crippen LogP contribution in [-0.2, 0) is 9.31 Å². The maximum Gasteiger partial charge on any atom is 0.494 e. The van der Waals surface area contributed by atoms with Crippen molar-refractivity contribution in [3.8, 4) is 101 Å². The molecular weight excluding hydrogens is 1770 g/mol. The Kier molecular flexibility index (Phi) is 24.0. The summed E-state index contributed by atoms with van der Waals surface area (Å²) in [5, 5.41) is 26.7. The predicted molar refractivity (Wildman–Crippen MR) is 562 cm³/mol. The second-order valence-corrected chi connectivity index (χ2v) is 37.9. The molecule has 1 fully saturated rings. The van der Waals surface area contributed by atoms with Gasteiger partial charge in [-0.3, -0.25) is 0 Å². The number of thiophene rings is 3. The van der Waals surface area contributed by atoms with Gasteiger partial charge in [0, 0.05) is 89.7 Å². The second-order valence-electron chi connectivity index (χ2n) is 33.6. The van der Waals surface area contributed by atoms with E-state index in [1.165, 1.54) is 32.5 Å². The summed E-state index contributed by atoms with van der Waals surface area (Å²) in [6.07, 6.45) is 0. The molecule has 1 aliphatic heterocycles. The van der Waals surface area contributed by atoms with E-state index in [0.717, 1.165) is 184 Å². The predicted octanol–water partition coefficient (Wildman–Crippen LogP) is 30.6. The molecule has 20 heteroatoms. The minimum absolute atomic E-state index is 0.247. The number of rotatable bonds is 11. The van der Waals surface area contributed by atoms with Crippen LogP contribution in [0.15, 0.2) is 403 Å². The topological polar surface area (TPSA) is 163 Å². The number of para-hydroxylation sites is 2. The fraction of sp³-hybridized carbons (Fsp3) is 0.0526. The lowest BCUT2D eigenvalue weighted by molar-refractivity contribution is 0.00578. The van der Waals surface area contributed by atoms with Crippen molar-refractivity contribution in [2.45, 2.75) is 38.9 Å². The highest BCUT2D eigenvalue weighted by Crippen LogP contribution is 2.47. The summed E-state index contributed by atoms with van der Waals surface area (Å²) in [4.78, 5) is 29.4. The van der Waals surface area contributed by atoms with Gasteiger partial charge in [0.15, 0.2) is 11.6 Å². The van der Waals surface area contributed by atoms with Crippen LogP contribution in [0.1, 0.15) is 27.7 Å². The molecule has 0 amide bonds. The number of hydrogen-bond acceptors (Lipinski definition) is 15. The summed E-state index contributed by atoms with van der Waals surface area (Å²) in [6.45, 7) is 8.25.